The van der Waals surface area contributed by atoms with Crippen LogP contribution < -0.4 is 5.32 Å². The molecule has 0 aliphatic heterocycles. The van der Waals surface area contributed by atoms with Crippen molar-refractivity contribution in [3.63, 3.8) is 0 Å². The van der Waals surface area contributed by atoms with Crippen molar-refractivity contribution in [2.75, 3.05) is 13.2 Å². The van der Waals surface area contributed by atoms with Gasteiger partial charge in [0.25, 0.3) is 0 Å². The molecule has 1 unspecified atom stereocenters. The van der Waals surface area contributed by atoms with Crippen LogP contribution in [0.15, 0.2) is 24.3 Å². The molecular weight excluding hydrogens is 229 g/mol. The Balaban J connectivity index is 1.96. The van der Waals surface area contributed by atoms with E-state index in [0.717, 1.165) is 24.9 Å². The lowest BCUT2D eigenvalue weighted by Crippen LogP contribution is -2.29. The van der Waals surface area contributed by atoms with Crippen LogP contribution in [0.4, 0.5) is 4.39 Å². The minimum atomic E-state index is -0.135. The van der Waals surface area contributed by atoms with Crippen LogP contribution in [0.5, 0.6) is 0 Å². The first-order valence-corrected chi connectivity index (χ1v) is 6.79. The van der Waals surface area contributed by atoms with Crippen LogP contribution in [0.2, 0.25) is 0 Å². The zero-order valence-electron chi connectivity index (χ0n) is 11.0. The topological polar surface area (TPSA) is 32.3 Å². The summed E-state index contributed by atoms with van der Waals surface area (Å²) in [6, 6.07) is 7.04. The number of rotatable bonds is 7. The third kappa shape index (κ3) is 3.09. The van der Waals surface area contributed by atoms with Crippen LogP contribution in [0.3, 0.4) is 0 Å². The molecule has 18 heavy (non-hydrogen) atoms. The van der Waals surface area contributed by atoms with Crippen LogP contribution in [-0.4, -0.2) is 18.3 Å². The fourth-order valence-corrected chi connectivity index (χ4v) is 2.50. The average molecular weight is 251 g/mol. The number of aliphatic hydroxyl groups excluding tert-OH is 1. The number of hydrogen-bond acceptors (Lipinski definition) is 2. The van der Waals surface area contributed by atoms with Gasteiger partial charge in [-0.15, -0.1) is 0 Å². The maximum absolute atomic E-state index is 13.7. The van der Waals surface area contributed by atoms with Gasteiger partial charge in [0.05, 0.1) is 0 Å². The van der Waals surface area contributed by atoms with E-state index in [0.29, 0.717) is 0 Å². The molecule has 1 aliphatic rings. The number of benzene rings is 1. The van der Waals surface area contributed by atoms with Gasteiger partial charge in [-0.3, -0.25) is 0 Å². The molecule has 1 aromatic rings. The maximum Gasteiger partial charge on any atom is 0.127 e. The van der Waals surface area contributed by atoms with Gasteiger partial charge >= 0.3 is 0 Å². The van der Waals surface area contributed by atoms with Crippen LogP contribution in [0.25, 0.3) is 0 Å². The van der Waals surface area contributed by atoms with E-state index in [1.807, 2.05) is 12.1 Å². The molecule has 0 heterocycles. The molecule has 1 aliphatic carbocycles. The van der Waals surface area contributed by atoms with Gasteiger partial charge in [-0.1, -0.05) is 25.1 Å². The Hall–Kier alpha value is -0.930. The van der Waals surface area contributed by atoms with E-state index in [2.05, 4.69) is 12.2 Å². The van der Waals surface area contributed by atoms with E-state index in [-0.39, 0.29) is 23.9 Å². The Labute approximate surface area is 108 Å². The predicted octanol–water partition coefficient (Wildman–Crippen LogP) is 3.03. The molecule has 1 atom stereocenters. The molecular formula is C15H22FNO. The molecule has 0 aromatic heterocycles. The van der Waals surface area contributed by atoms with Crippen molar-refractivity contribution in [3.8, 4) is 0 Å². The van der Waals surface area contributed by atoms with Gasteiger partial charge in [-0.25, -0.2) is 4.39 Å². The highest BCUT2D eigenvalue weighted by Gasteiger charge is 2.41. The Morgan fingerprint density at radius 2 is 2.11 bits per heavy atom. The molecule has 0 amide bonds. The molecule has 1 saturated carbocycles. The molecule has 1 aromatic carbocycles. The van der Waals surface area contributed by atoms with E-state index in [1.165, 1.54) is 18.9 Å². The van der Waals surface area contributed by atoms with Crippen molar-refractivity contribution in [1.29, 1.82) is 0 Å². The summed E-state index contributed by atoms with van der Waals surface area (Å²) < 4.78 is 13.7. The van der Waals surface area contributed by atoms with E-state index in [1.54, 1.807) is 6.07 Å². The molecule has 0 bridgehead atoms. The van der Waals surface area contributed by atoms with Gasteiger partial charge in [-0.2, -0.15) is 0 Å². The predicted molar refractivity (Wildman–Crippen MR) is 70.8 cm³/mol. The maximum atomic E-state index is 13.7. The number of nitrogens with one attached hydrogen (secondary N) is 1. The minimum absolute atomic E-state index is 0.0716. The van der Waals surface area contributed by atoms with Gasteiger partial charge in [-0.05, 0) is 37.2 Å². The summed E-state index contributed by atoms with van der Waals surface area (Å²) in [5.41, 5.74) is 1.02. The Morgan fingerprint density at radius 1 is 1.39 bits per heavy atom. The molecule has 2 rings (SSSR count). The SMILES string of the molecule is CCC(NCC1(CCO)CC1)c1ccccc1F. The van der Waals surface area contributed by atoms with Gasteiger partial charge < -0.3 is 10.4 Å². The smallest absolute Gasteiger partial charge is 0.127 e. The third-order valence-corrected chi connectivity index (χ3v) is 4.01. The van der Waals surface area contributed by atoms with Crippen molar-refractivity contribution in [2.24, 2.45) is 5.41 Å². The summed E-state index contributed by atoms with van der Waals surface area (Å²) in [4.78, 5) is 0. The highest BCUT2D eigenvalue weighted by atomic mass is 19.1. The number of halogens is 1. The van der Waals surface area contributed by atoms with Crippen LogP contribution in [0, 0.1) is 11.2 Å². The molecule has 2 nitrogen and oxygen atoms in total. The minimum Gasteiger partial charge on any atom is -0.396 e. The van der Waals surface area contributed by atoms with Gasteiger partial charge in [0, 0.05) is 24.8 Å². The summed E-state index contributed by atoms with van der Waals surface area (Å²) in [6.45, 7) is 3.19. The van der Waals surface area contributed by atoms with Crippen molar-refractivity contribution < 1.29 is 9.50 Å². The summed E-state index contributed by atoms with van der Waals surface area (Å²) in [6.07, 6.45) is 4.08. The molecule has 0 radical (unpaired) electrons. The normalized spacial score (nSPS) is 18.6. The summed E-state index contributed by atoms with van der Waals surface area (Å²) in [5, 5.41) is 12.5. The number of aliphatic hydroxyl groups is 1. The highest BCUT2D eigenvalue weighted by molar-refractivity contribution is 5.21. The largest absolute Gasteiger partial charge is 0.396 e. The summed E-state index contributed by atoms with van der Waals surface area (Å²) >= 11 is 0. The molecule has 100 valence electrons. The lowest BCUT2D eigenvalue weighted by atomic mass is 9.99. The zero-order valence-corrected chi connectivity index (χ0v) is 11.0. The molecule has 3 heteroatoms. The highest BCUT2D eigenvalue weighted by Crippen LogP contribution is 2.48. The van der Waals surface area contributed by atoms with Gasteiger partial charge in [0.1, 0.15) is 5.82 Å². The van der Waals surface area contributed by atoms with Crippen LogP contribution in [-0.2, 0) is 0 Å². The second kappa shape index (κ2) is 5.81. The first-order chi connectivity index (χ1) is 8.71. The average Bonchev–Trinajstić information content (AvgIpc) is 3.13. The first kappa shape index (κ1) is 13.5. The monoisotopic (exact) mass is 251 g/mol. The van der Waals surface area contributed by atoms with Crippen LogP contribution >= 0.6 is 0 Å². The molecule has 1 fully saturated rings. The van der Waals surface area contributed by atoms with E-state index < -0.39 is 0 Å². The Morgan fingerprint density at radius 3 is 2.67 bits per heavy atom. The first-order valence-electron chi connectivity index (χ1n) is 6.79. The van der Waals surface area contributed by atoms with Crippen molar-refractivity contribution in [2.45, 2.75) is 38.6 Å². The molecule has 2 N–H and O–H groups in total. The van der Waals surface area contributed by atoms with Gasteiger partial charge in [0.15, 0.2) is 0 Å². The standard InChI is InChI=1S/C15H22FNO/c1-2-14(12-5-3-4-6-13(12)16)17-11-15(7-8-15)9-10-18/h3-6,14,17-18H,2,7-11H2,1H3. The Kier molecular flexibility index (Phi) is 4.36. The molecule has 0 spiro atoms. The summed E-state index contributed by atoms with van der Waals surface area (Å²) in [5.74, 6) is -0.135. The van der Waals surface area contributed by atoms with E-state index in [9.17, 15) is 4.39 Å². The van der Waals surface area contributed by atoms with Crippen molar-refractivity contribution in [3.05, 3.63) is 35.6 Å². The van der Waals surface area contributed by atoms with E-state index >= 15 is 0 Å². The third-order valence-electron chi connectivity index (χ3n) is 4.01. The lowest BCUT2D eigenvalue weighted by molar-refractivity contribution is 0.241. The summed E-state index contributed by atoms with van der Waals surface area (Å²) in [7, 11) is 0. The van der Waals surface area contributed by atoms with Crippen molar-refractivity contribution in [1.82, 2.24) is 5.32 Å². The fraction of sp³-hybridized carbons (Fsp3) is 0.600. The second-order valence-electron chi connectivity index (χ2n) is 5.34. The van der Waals surface area contributed by atoms with Gasteiger partial charge in [0.2, 0.25) is 0 Å². The van der Waals surface area contributed by atoms with E-state index in [4.69, 9.17) is 5.11 Å². The fourth-order valence-electron chi connectivity index (χ4n) is 2.50. The zero-order chi connectivity index (χ0) is 13.0. The van der Waals surface area contributed by atoms with Crippen LogP contribution in [0.1, 0.15) is 44.2 Å². The number of hydrogen-bond donors (Lipinski definition) is 2. The molecule has 0 saturated heterocycles. The lowest BCUT2D eigenvalue weighted by Gasteiger charge is -2.22. The quantitative estimate of drug-likeness (QED) is 0.780. The second-order valence-corrected chi connectivity index (χ2v) is 5.34. The van der Waals surface area contributed by atoms with Crippen molar-refractivity contribution >= 4 is 0 Å². The Bertz CT molecular complexity index is 390.